The van der Waals surface area contributed by atoms with E-state index < -0.39 is 11.5 Å². The van der Waals surface area contributed by atoms with Crippen molar-refractivity contribution in [3.63, 3.8) is 0 Å². The number of aromatic nitrogens is 6. The zero-order valence-corrected chi connectivity index (χ0v) is 25.4. The fourth-order valence-corrected chi connectivity index (χ4v) is 5.92. The maximum atomic E-state index is 13.3. The summed E-state index contributed by atoms with van der Waals surface area (Å²) in [5.41, 5.74) is 8.87. The molecule has 1 aromatic carbocycles. The fraction of sp³-hybridized carbons (Fsp3) is 0.214. The second-order valence-electron chi connectivity index (χ2n) is 9.69. The Labute approximate surface area is 259 Å². The van der Waals surface area contributed by atoms with E-state index in [1.807, 2.05) is 5.38 Å². The minimum absolute atomic E-state index is 0.0369. The molecule has 1 aliphatic rings. The number of pyridine rings is 1. The third kappa shape index (κ3) is 5.59. The molecule has 1 aliphatic heterocycles. The highest BCUT2D eigenvalue weighted by atomic mass is 35.5. The second kappa shape index (κ2) is 11.8. The van der Waals surface area contributed by atoms with Crippen LogP contribution in [0.1, 0.15) is 16.1 Å². The summed E-state index contributed by atoms with van der Waals surface area (Å²) in [7, 11) is 1.66. The van der Waals surface area contributed by atoms with Crippen LogP contribution >= 0.6 is 34.5 Å². The molecule has 5 heterocycles. The Morgan fingerprint density at radius 1 is 1.05 bits per heavy atom. The van der Waals surface area contributed by atoms with Crippen LogP contribution in [0.4, 0.5) is 16.6 Å². The van der Waals surface area contributed by atoms with Gasteiger partial charge < -0.3 is 20.7 Å². The summed E-state index contributed by atoms with van der Waals surface area (Å²) < 4.78 is 8.29. The van der Waals surface area contributed by atoms with Gasteiger partial charge in [-0.25, -0.2) is 19.6 Å². The van der Waals surface area contributed by atoms with Crippen LogP contribution in [0.15, 0.2) is 52.9 Å². The first-order chi connectivity index (χ1) is 20.7. The molecule has 0 unspecified atom stereocenters. The van der Waals surface area contributed by atoms with Crippen molar-refractivity contribution in [2.45, 2.75) is 6.92 Å². The minimum atomic E-state index is -0.592. The van der Waals surface area contributed by atoms with Crippen molar-refractivity contribution in [2.24, 2.45) is 7.05 Å². The van der Waals surface area contributed by atoms with Gasteiger partial charge >= 0.3 is 0 Å². The summed E-state index contributed by atoms with van der Waals surface area (Å²) in [6.45, 7) is 4.59. The van der Waals surface area contributed by atoms with Gasteiger partial charge in [-0.05, 0) is 37.3 Å². The number of hydrogen-bond acceptors (Lipinski definition) is 10. The summed E-state index contributed by atoms with van der Waals surface area (Å²) in [6, 6.07) is 8.10. The van der Waals surface area contributed by atoms with E-state index in [0.29, 0.717) is 63.1 Å². The molecule has 0 bridgehead atoms. The number of amides is 1. The number of ether oxygens (including phenoxy) is 1. The Morgan fingerprint density at radius 3 is 2.58 bits per heavy atom. The summed E-state index contributed by atoms with van der Waals surface area (Å²) >= 11 is 14.0. The molecule has 0 aliphatic carbocycles. The Morgan fingerprint density at radius 2 is 1.84 bits per heavy atom. The predicted octanol–water partition coefficient (Wildman–Crippen LogP) is 4.44. The largest absolute Gasteiger partial charge is 0.382 e. The molecule has 4 aromatic heterocycles. The molecule has 0 saturated carbocycles. The van der Waals surface area contributed by atoms with Crippen LogP contribution in [0.3, 0.4) is 0 Å². The number of nitrogens with two attached hydrogens (primary N) is 1. The average Bonchev–Trinajstić information content (AvgIpc) is 3.58. The maximum Gasteiger partial charge on any atom is 0.284 e. The van der Waals surface area contributed by atoms with E-state index in [4.69, 9.17) is 38.7 Å². The molecule has 1 saturated heterocycles. The zero-order chi connectivity index (χ0) is 30.2. The van der Waals surface area contributed by atoms with Crippen LogP contribution in [0, 0.1) is 6.92 Å². The molecule has 12 nitrogen and oxygen atoms in total. The molecule has 0 atom stereocenters. The monoisotopic (exact) mass is 637 g/mol. The van der Waals surface area contributed by atoms with Crippen molar-refractivity contribution in [3.8, 4) is 28.5 Å². The normalized spacial score (nSPS) is 13.3. The summed E-state index contributed by atoms with van der Waals surface area (Å²) in [4.78, 5) is 46.9. The number of halogens is 2. The molecule has 6 rings (SSSR count). The summed E-state index contributed by atoms with van der Waals surface area (Å²) in [6.07, 6.45) is 3.04. The standard InChI is InChI=1S/C28H25Cl2N9O3S/c1-15-23(27(41)39(37(15)2)22-11-16(29)3-5-18(22)30)26(40)34-17-4-6-19(32-12-17)24-25(31)33-13-20(35-24)21-14-43-28(36-21)38-7-9-42-10-8-38/h3-6,11-14H,7-10H2,1-2H3,(H2,31,33)(H,34,40). The number of rotatable bonds is 6. The number of carbonyl (C=O) groups excluding carboxylic acids is 1. The smallest absolute Gasteiger partial charge is 0.284 e. The van der Waals surface area contributed by atoms with Crippen molar-refractivity contribution in [2.75, 3.05) is 42.3 Å². The van der Waals surface area contributed by atoms with Crippen LogP contribution in [-0.2, 0) is 11.8 Å². The second-order valence-corrected chi connectivity index (χ2v) is 11.4. The Hall–Kier alpha value is -4.30. The highest BCUT2D eigenvalue weighted by Gasteiger charge is 2.24. The number of nitrogens with one attached hydrogen (secondary N) is 1. The summed E-state index contributed by atoms with van der Waals surface area (Å²) in [5.74, 6) is -0.387. The molecular formula is C28H25Cl2N9O3S. The van der Waals surface area contributed by atoms with Crippen molar-refractivity contribution in [1.82, 2.24) is 29.3 Å². The van der Waals surface area contributed by atoms with E-state index in [-0.39, 0.29) is 11.4 Å². The Balaban J connectivity index is 1.23. The molecule has 43 heavy (non-hydrogen) atoms. The van der Waals surface area contributed by atoms with Crippen molar-refractivity contribution >= 4 is 57.1 Å². The Kier molecular flexibility index (Phi) is 7.88. The zero-order valence-electron chi connectivity index (χ0n) is 23.0. The van der Waals surface area contributed by atoms with E-state index in [1.165, 1.54) is 22.2 Å². The van der Waals surface area contributed by atoms with E-state index in [1.54, 1.807) is 55.2 Å². The van der Waals surface area contributed by atoms with Crippen molar-refractivity contribution in [3.05, 3.63) is 79.8 Å². The number of morpholine rings is 1. The van der Waals surface area contributed by atoms with Crippen LogP contribution in [0.2, 0.25) is 10.0 Å². The molecule has 5 aromatic rings. The molecular weight excluding hydrogens is 613 g/mol. The van der Waals surface area contributed by atoms with Gasteiger partial charge in [0.25, 0.3) is 11.5 Å². The molecule has 220 valence electrons. The number of carbonyl (C=O) groups is 1. The number of benzene rings is 1. The van der Waals surface area contributed by atoms with Gasteiger partial charge in [0.15, 0.2) is 10.9 Å². The van der Waals surface area contributed by atoms with Gasteiger partial charge in [-0.1, -0.05) is 23.2 Å². The van der Waals surface area contributed by atoms with Crippen LogP contribution in [0.5, 0.6) is 0 Å². The Bertz CT molecular complexity index is 1900. The number of anilines is 3. The van der Waals surface area contributed by atoms with Gasteiger partial charge in [-0.15, -0.1) is 11.3 Å². The van der Waals surface area contributed by atoms with E-state index in [0.717, 1.165) is 18.2 Å². The van der Waals surface area contributed by atoms with Crippen molar-refractivity contribution < 1.29 is 9.53 Å². The quantitative estimate of drug-likeness (QED) is 0.276. The predicted molar refractivity (Wildman–Crippen MR) is 168 cm³/mol. The topological polar surface area (TPSA) is 146 Å². The number of thiazole rings is 1. The van der Waals surface area contributed by atoms with Crippen LogP contribution < -0.4 is 21.5 Å². The first kappa shape index (κ1) is 28.8. The SMILES string of the molecule is Cc1c(C(=O)Nc2ccc(-c3nc(-c4csc(N5CCOCC5)n4)cnc3N)nc2)c(=O)n(-c2cc(Cl)ccc2Cl)n1C. The third-order valence-corrected chi connectivity index (χ3v) is 8.47. The lowest BCUT2D eigenvalue weighted by Gasteiger charge is -2.25. The molecule has 1 fully saturated rings. The lowest BCUT2D eigenvalue weighted by molar-refractivity contribution is 0.102. The van der Waals surface area contributed by atoms with E-state index in [9.17, 15) is 9.59 Å². The van der Waals surface area contributed by atoms with E-state index >= 15 is 0 Å². The van der Waals surface area contributed by atoms with Gasteiger partial charge in [0, 0.05) is 30.5 Å². The molecule has 3 N–H and O–H groups in total. The first-order valence-electron chi connectivity index (χ1n) is 13.1. The van der Waals surface area contributed by atoms with Gasteiger partial charge in [-0.2, -0.15) is 0 Å². The summed E-state index contributed by atoms with van der Waals surface area (Å²) in [5, 5.41) is 6.30. The van der Waals surface area contributed by atoms with Gasteiger partial charge in [0.05, 0.1) is 53.4 Å². The number of nitrogens with zero attached hydrogens (tertiary/aromatic N) is 7. The van der Waals surface area contributed by atoms with Crippen LogP contribution in [-0.4, -0.2) is 61.5 Å². The highest BCUT2D eigenvalue weighted by Crippen LogP contribution is 2.30. The lowest BCUT2D eigenvalue weighted by atomic mass is 10.2. The average molecular weight is 639 g/mol. The van der Waals surface area contributed by atoms with Crippen molar-refractivity contribution in [1.29, 1.82) is 0 Å². The molecule has 0 radical (unpaired) electrons. The fourth-order valence-electron chi connectivity index (χ4n) is 4.68. The molecule has 15 heteroatoms. The number of nitrogen functional groups attached to an aromatic ring is 1. The van der Waals surface area contributed by atoms with Gasteiger partial charge in [0.2, 0.25) is 0 Å². The third-order valence-electron chi connectivity index (χ3n) is 7.02. The van der Waals surface area contributed by atoms with Crippen LogP contribution in [0.25, 0.3) is 28.5 Å². The highest BCUT2D eigenvalue weighted by molar-refractivity contribution is 7.14. The maximum absolute atomic E-state index is 13.3. The van der Waals surface area contributed by atoms with E-state index in [2.05, 4.69) is 25.2 Å². The molecule has 1 amide bonds. The molecule has 0 spiro atoms. The van der Waals surface area contributed by atoms with Gasteiger partial charge in [-0.3, -0.25) is 19.3 Å². The minimum Gasteiger partial charge on any atom is -0.382 e. The first-order valence-corrected chi connectivity index (χ1v) is 14.8. The van der Waals surface area contributed by atoms with Gasteiger partial charge in [0.1, 0.15) is 22.6 Å². The lowest BCUT2D eigenvalue weighted by Crippen LogP contribution is -2.36. The number of hydrogen-bond donors (Lipinski definition) is 2.